The summed E-state index contributed by atoms with van der Waals surface area (Å²) in [4.78, 5) is 28.0. The molecule has 0 radical (unpaired) electrons. The number of hydrogen-bond acceptors (Lipinski definition) is 4. The van der Waals surface area contributed by atoms with Gasteiger partial charge in [-0.1, -0.05) is 35.3 Å². The third-order valence-corrected chi connectivity index (χ3v) is 4.61. The van der Waals surface area contributed by atoms with Gasteiger partial charge in [0.05, 0.1) is 21.7 Å². The Kier molecular flexibility index (Phi) is 6.23. The number of halogens is 5. The molecule has 3 rings (SSSR count). The zero-order valence-electron chi connectivity index (χ0n) is 15.3. The Morgan fingerprint density at radius 1 is 1.20 bits per heavy atom. The summed E-state index contributed by atoms with van der Waals surface area (Å²) in [6.07, 6.45) is -6.05. The highest BCUT2D eigenvalue weighted by molar-refractivity contribution is 6.36. The largest absolute Gasteiger partial charge is 0.451 e. The van der Waals surface area contributed by atoms with Gasteiger partial charge in [0.25, 0.3) is 5.91 Å². The number of aromatic nitrogens is 2. The van der Waals surface area contributed by atoms with Crippen molar-refractivity contribution in [3.63, 3.8) is 0 Å². The first kappa shape index (κ1) is 21.9. The van der Waals surface area contributed by atoms with Crippen LogP contribution in [0.25, 0.3) is 11.0 Å². The van der Waals surface area contributed by atoms with Crippen molar-refractivity contribution in [2.45, 2.75) is 25.7 Å². The van der Waals surface area contributed by atoms with Crippen molar-refractivity contribution in [1.82, 2.24) is 9.55 Å². The molecule has 1 heterocycles. The highest BCUT2D eigenvalue weighted by atomic mass is 35.5. The SMILES string of the molecule is CC(OC(=O)Cn1c(C(F)(F)F)nc2ccccc21)C(=O)Nc1ccc(Cl)cc1Cl. The Balaban J connectivity index is 1.73. The third-order valence-electron chi connectivity index (χ3n) is 4.06. The Labute approximate surface area is 178 Å². The molecule has 1 atom stereocenters. The number of alkyl halides is 3. The standard InChI is InChI=1S/C19H14Cl2F3N3O3/c1-10(17(29)25-13-7-6-11(20)8-12(13)21)30-16(28)9-27-15-5-3-2-4-14(15)26-18(27)19(22,23)24/h2-8,10H,9H2,1H3,(H,25,29). The van der Waals surface area contributed by atoms with E-state index in [0.29, 0.717) is 9.59 Å². The third kappa shape index (κ3) is 4.85. The number of carbonyl (C=O) groups is 2. The van der Waals surface area contributed by atoms with E-state index in [0.717, 1.165) is 0 Å². The van der Waals surface area contributed by atoms with Gasteiger partial charge in [0.1, 0.15) is 6.54 Å². The van der Waals surface area contributed by atoms with Crippen LogP contribution in [0.4, 0.5) is 18.9 Å². The van der Waals surface area contributed by atoms with Crippen LogP contribution < -0.4 is 5.32 Å². The maximum Gasteiger partial charge on any atom is 0.449 e. The van der Waals surface area contributed by atoms with Crippen LogP contribution >= 0.6 is 23.2 Å². The monoisotopic (exact) mass is 459 g/mol. The quantitative estimate of drug-likeness (QED) is 0.548. The summed E-state index contributed by atoms with van der Waals surface area (Å²) in [7, 11) is 0. The predicted octanol–water partition coefficient (Wildman–Crippen LogP) is 4.93. The molecule has 0 bridgehead atoms. The highest BCUT2D eigenvalue weighted by Gasteiger charge is 2.38. The van der Waals surface area contributed by atoms with Crippen molar-refractivity contribution in [2.24, 2.45) is 0 Å². The molecule has 6 nitrogen and oxygen atoms in total. The fraction of sp³-hybridized carbons (Fsp3) is 0.211. The molecule has 1 aromatic heterocycles. The normalized spacial score (nSPS) is 12.6. The lowest BCUT2D eigenvalue weighted by atomic mass is 10.3. The van der Waals surface area contributed by atoms with Crippen LogP contribution in [0.5, 0.6) is 0 Å². The van der Waals surface area contributed by atoms with E-state index < -0.39 is 36.5 Å². The van der Waals surface area contributed by atoms with Gasteiger partial charge in [-0.25, -0.2) is 4.98 Å². The first-order valence-electron chi connectivity index (χ1n) is 8.54. The number of nitrogens with zero attached hydrogens (tertiary/aromatic N) is 2. The van der Waals surface area contributed by atoms with Gasteiger partial charge in [0, 0.05) is 5.02 Å². The zero-order valence-corrected chi connectivity index (χ0v) is 16.8. The molecule has 158 valence electrons. The summed E-state index contributed by atoms with van der Waals surface area (Å²) in [5.41, 5.74) is 0.446. The molecular weight excluding hydrogens is 446 g/mol. The number of hydrogen-bond donors (Lipinski definition) is 1. The lowest BCUT2D eigenvalue weighted by Gasteiger charge is -2.16. The van der Waals surface area contributed by atoms with Crippen LogP contribution in [0.2, 0.25) is 10.0 Å². The molecular formula is C19H14Cl2F3N3O3. The molecule has 3 aromatic rings. The van der Waals surface area contributed by atoms with Crippen LogP contribution in [-0.4, -0.2) is 27.5 Å². The van der Waals surface area contributed by atoms with E-state index in [9.17, 15) is 22.8 Å². The molecule has 0 aliphatic heterocycles. The summed E-state index contributed by atoms with van der Waals surface area (Å²) in [6, 6.07) is 10.2. The second-order valence-electron chi connectivity index (χ2n) is 6.25. The summed E-state index contributed by atoms with van der Waals surface area (Å²) < 4.78 is 45.7. The smallest absolute Gasteiger partial charge is 0.449 e. The average Bonchev–Trinajstić information content (AvgIpc) is 3.03. The highest BCUT2D eigenvalue weighted by Crippen LogP contribution is 2.31. The number of anilines is 1. The summed E-state index contributed by atoms with van der Waals surface area (Å²) in [5, 5.41) is 3.00. The maximum atomic E-state index is 13.3. The molecule has 30 heavy (non-hydrogen) atoms. The Morgan fingerprint density at radius 3 is 2.57 bits per heavy atom. The number of rotatable bonds is 5. The van der Waals surface area contributed by atoms with Crippen molar-refractivity contribution in [3.8, 4) is 0 Å². The zero-order chi connectivity index (χ0) is 22.1. The minimum absolute atomic E-state index is 0.0841. The van der Waals surface area contributed by atoms with E-state index in [1.54, 1.807) is 0 Å². The van der Waals surface area contributed by atoms with Crippen molar-refractivity contribution in [3.05, 3.63) is 58.3 Å². The number of imidazole rings is 1. The van der Waals surface area contributed by atoms with Crippen LogP contribution in [0.15, 0.2) is 42.5 Å². The Bertz CT molecular complexity index is 1120. The number of nitrogens with one attached hydrogen (secondary N) is 1. The molecule has 0 saturated carbocycles. The first-order valence-corrected chi connectivity index (χ1v) is 9.29. The van der Waals surface area contributed by atoms with Crippen LogP contribution in [0.1, 0.15) is 12.7 Å². The fourth-order valence-corrected chi connectivity index (χ4v) is 3.15. The molecule has 2 aromatic carbocycles. The molecule has 1 amide bonds. The number of benzene rings is 2. The number of amides is 1. The molecule has 1 unspecified atom stereocenters. The van der Waals surface area contributed by atoms with E-state index in [2.05, 4.69) is 10.3 Å². The number of para-hydroxylation sites is 2. The van der Waals surface area contributed by atoms with Gasteiger partial charge in [-0.3, -0.25) is 9.59 Å². The van der Waals surface area contributed by atoms with E-state index >= 15 is 0 Å². The molecule has 0 spiro atoms. The van der Waals surface area contributed by atoms with Crippen LogP contribution in [0, 0.1) is 0 Å². The lowest BCUT2D eigenvalue weighted by Crippen LogP contribution is -2.31. The van der Waals surface area contributed by atoms with Crippen LogP contribution in [-0.2, 0) is 27.0 Å². The fourth-order valence-electron chi connectivity index (χ4n) is 2.69. The molecule has 0 saturated heterocycles. The van der Waals surface area contributed by atoms with Crippen molar-refractivity contribution < 1.29 is 27.5 Å². The second-order valence-corrected chi connectivity index (χ2v) is 7.10. The number of esters is 1. The topological polar surface area (TPSA) is 73.2 Å². The number of carbonyl (C=O) groups excluding carboxylic acids is 2. The predicted molar refractivity (Wildman–Crippen MR) is 105 cm³/mol. The molecule has 1 N–H and O–H groups in total. The van der Waals surface area contributed by atoms with E-state index in [1.807, 2.05) is 0 Å². The van der Waals surface area contributed by atoms with E-state index in [4.69, 9.17) is 27.9 Å². The summed E-state index contributed by atoms with van der Waals surface area (Å²) in [5.74, 6) is -2.97. The Hall–Kier alpha value is -2.78. The maximum absolute atomic E-state index is 13.3. The minimum atomic E-state index is -4.77. The van der Waals surface area contributed by atoms with Gasteiger partial charge in [0.2, 0.25) is 5.82 Å². The molecule has 0 aliphatic rings. The van der Waals surface area contributed by atoms with Gasteiger partial charge >= 0.3 is 12.1 Å². The second kappa shape index (κ2) is 8.53. The molecule has 11 heteroatoms. The summed E-state index contributed by atoms with van der Waals surface area (Å²) in [6.45, 7) is 0.516. The number of ether oxygens (including phenoxy) is 1. The number of fused-ring (bicyclic) bond motifs is 1. The van der Waals surface area contributed by atoms with Crippen molar-refractivity contribution in [2.75, 3.05) is 5.32 Å². The minimum Gasteiger partial charge on any atom is -0.451 e. The van der Waals surface area contributed by atoms with Gasteiger partial charge in [0.15, 0.2) is 6.10 Å². The Morgan fingerprint density at radius 2 is 1.90 bits per heavy atom. The first-order chi connectivity index (χ1) is 14.1. The summed E-state index contributed by atoms with van der Waals surface area (Å²) >= 11 is 11.8. The van der Waals surface area contributed by atoms with Gasteiger partial charge < -0.3 is 14.6 Å². The average molecular weight is 460 g/mol. The van der Waals surface area contributed by atoms with Crippen molar-refractivity contribution >= 4 is 51.8 Å². The van der Waals surface area contributed by atoms with Gasteiger partial charge in [-0.2, -0.15) is 13.2 Å². The van der Waals surface area contributed by atoms with Gasteiger partial charge in [-0.05, 0) is 37.3 Å². The lowest BCUT2D eigenvalue weighted by molar-refractivity contribution is -0.156. The van der Waals surface area contributed by atoms with Crippen LogP contribution in [0.3, 0.4) is 0 Å². The van der Waals surface area contributed by atoms with E-state index in [-0.39, 0.29) is 21.7 Å². The molecule has 0 fully saturated rings. The van der Waals surface area contributed by atoms with Gasteiger partial charge in [-0.15, -0.1) is 0 Å². The van der Waals surface area contributed by atoms with Crippen molar-refractivity contribution in [1.29, 1.82) is 0 Å². The van der Waals surface area contributed by atoms with E-state index in [1.165, 1.54) is 49.4 Å². The molecule has 0 aliphatic carbocycles.